The average Bonchev–Trinajstić information content (AvgIpc) is 3.16. The zero-order valence-corrected chi connectivity index (χ0v) is 23.8. The molecule has 0 amide bonds. The van der Waals surface area contributed by atoms with Crippen LogP contribution in [0, 0.1) is 0 Å². The predicted molar refractivity (Wildman–Crippen MR) is 142 cm³/mol. The smallest absolute Gasteiger partial charge is 0.0125 e. The van der Waals surface area contributed by atoms with Crippen molar-refractivity contribution in [1.82, 2.24) is 14.7 Å². The van der Waals surface area contributed by atoms with Crippen molar-refractivity contribution >= 4 is 0 Å². The van der Waals surface area contributed by atoms with Gasteiger partial charge in [-0.05, 0) is 120 Å². The minimum atomic E-state index is 0.403. The van der Waals surface area contributed by atoms with Crippen molar-refractivity contribution in [2.45, 2.75) is 133 Å². The second-order valence-electron chi connectivity index (χ2n) is 9.74. The van der Waals surface area contributed by atoms with Crippen molar-refractivity contribution in [3.63, 3.8) is 0 Å². The molecule has 0 atom stereocenters. The van der Waals surface area contributed by atoms with E-state index < -0.39 is 0 Å². The molecule has 0 aromatic rings. The highest BCUT2D eigenvalue weighted by Gasteiger charge is 2.25. The Hall–Kier alpha value is -0.120. The molecule has 30 heavy (non-hydrogen) atoms. The number of piperidine rings is 1. The van der Waals surface area contributed by atoms with Gasteiger partial charge < -0.3 is 4.90 Å². The summed E-state index contributed by atoms with van der Waals surface area (Å²) in [6.45, 7) is 33.6. The summed E-state index contributed by atoms with van der Waals surface area (Å²) >= 11 is 0. The Balaban J connectivity index is -0.000000330. The maximum Gasteiger partial charge on any atom is 0.0125 e. The highest BCUT2D eigenvalue weighted by atomic mass is 15.2. The monoisotopic (exact) mass is 430 g/mol. The number of nitrogens with zero attached hydrogens (tertiary/aromatic N) is 3. The molecule has 3 heterocycles. The lowest BCUT2D eigenvalue weighted by atomic mass is 10.0. The van der Waals surface area contributed by atoms with Gasteiger partial charge in [-0.3, -0.25) is 9.80 Å². The third-order valence-electron chi connectivity index (χ3n) is 5.44. The van der Waals surface area contributed by atoms with Crippen LogP contribution in [-0.4, -0.2) is 72.1 Å². The summed E-state index contributed by atoms with van der Waals surface area (Å²) in [5, 5.41) is 0. The fourth-order valence-corrected chi connectivity index (χ4v) is 3.43. The van der Waals surface area contributed by atoms with Crippen LogP contribution in [0.3, 0.4) is 0 Å². The third kappa shape index (κ3) is 18.6. The Labute approximate surface area is 194 Å². The van der Waals surface area contributed by atoms with Crippen LogP contribution in [-0.2, 0) is 0 Å². The van der Waals surface area contributed by atoms with Crippen molar-refractivity contribution in [1.29, 1.82) is 0 Å². The summed E-state index contributed by atoms with van der Waals surface area (Å²) in [5.41, 5.74) is 0.832. The number of hydrogen-bond donors (Lipinski definition) is 0. The second-order valence-corrected chi connectivity index (χ2v) is 9.74. The van der Waals surface area contributed by atoms with E-state index in [2.05, 4.69) is 63.3 Å². The van der Waals surface area contributed by atoms with E-state index in [1.165, 1.54) is 77.8 Å². The van der Waals surface area contributed by atoms with Crippen LogP contribution in [0.5, 0.6) is 0 Å². The molecule has 0 unspecified atom stereocenters. The lowest BCUT2D eigenvalue weighted by molar-refractivity contribution is 0.0690. The Morgan fingerprint density at radius 3 is 0.800 bits per heavy atom. The van der Waals surface area contributed by atoms with Gasteiger partial charge in [0.1, 0.15) is 0 Å². The zero-order valence-electron chi connectivity index (χ0n) is 23.8. The first-order chi connectivity index (χ1) is 14.1. The van der Waals surface area contributed by atoms with Crippen molar-refractivity contribution in [3.8, 4) is 0 Å². The van der Waals surface area contributed by atoms with Gasteiger partial charge in [0, 0.05) is 11.1 Å². The highest BCUT2D eigenvalue weighted by Crippen LogP contribution is 2.20. The molecule has 0 aromatic carbocycles. The van der Waals surface area contributed by atoms with Gasteiger partial charge in [0.2, 0.25) is 0 Å². The minimum absolute atomic E-state index is 0.403. The molecular weight excluding hydrogens is 366 g/mol. The van der Waals surface area contributed by atoms with Gasteiger partial charge >= 0.3 is 0 Å². The van der Waals surface area contributed by atoms with Crippen LogP contribution < -0.4 is 0 Å². The molecule has 3 aliphatic heterocycles. The lowest BCUT2D eigenvalue weighted by Crippen LogP contribution is -2.49. The quantitative estimate of drug-likeness (QED) is 0.393. The van der Waals surface area contributed by atoms with Crippen LogP contribution in [0.4, 0.5) is 0 Å². The SMILES string of the molecule is CC.CC.CC.CC(C)(C)N1CCC1.CC(C)(C)N1CCCCC1.CN1CCCC1. The summed E-state index contributed by atoms with van der Waals surface area (Å²) in [4.78, 5) is 7.43. The van der Waals surface area contributed by atoms with Crippen LogP contribution >= 0.6 is 0 Å². The second kappa shape index (κ2) is 20.8. The predicted octanol–water partition coefficient (Wildman–Crippen LogP) is 7.55. The summed E-state index contributed by atoms with van der Waals surface area (Å²) in [6, 6.07) is 0. The first-order valence-electron chi connectivity index (χ1n) is 13.3. The van der Waals surface area contributed by atoms with E-state index >= 15 is 0 Å². The molecule has 0 spiro atoms. The molecule has 3 fully saturated rings. The van der Waals surface area contributed by atoms with E-state index in [4.69, 9.17) is 0 Å². The van der Waals surface area contributed by atoms with E-state index in [0.29, 0.717) is 11.1 Å². The molecule has 0 radical (unpaired) electrons. The molecule has 3 saturated heterocycles. The summed E-state index contributed by atoms with van der Waals surface area (Å²) in [7, 11) is 2.17. The molecule has 0 aromatic heterocycles. The zero-order chi connectivity index (χ0) is 24.2. The molecule has 3 aliphatic rings. The fraction of sp³-hybridized carbons (Fsp3) is 1.00. The highest BCUT2D eigenvalue weighted by molar-refractivity contribution is 4.82. The Bertz CT molecular complexity index is 312. The van der Waals surface area contributed by atoms with Crippen molar-refractivity contribution in [2.24, 2.45) is 0 Å². The Kier molecular flexibility index (Phi) is 23.9. The molecule has 0 bridgehead atoms. The summed E-state index contributed by atoms with van der Waals surface area (Å²) in [6.07, 6.45) is 8.46. The van der Waals surface area contributed by atoms with Gasteiger partial charge in [0.15, 0.2) is 0 Å². The van der Waals surface area contributed by atoms with E-state index in [1.807, 2.05) is 41.5 Å². The largest absolute Gasteiger partial charge is 0.306 e. The standard InChI is InChI=1S/C9H19N.C7H15N.C5H11N.3C2H6/c1-9(2,3)10-7-5-4-6-8-10;1-7(2,3)8-5-4-6-8;1-6-4-2-3-5-6;3*1-2/h4-8H2,1-3H3;4-6H2,1-3H3;2-5H2,1H3;3*1-2H3. The molecule has 0 N–H and O–H groups in total. The van der Waals surface area contributed by atoms with E-state index in [9.17, 15) is 0 Å². The minimum Gasteiger partial charge on any atom is -0.306 e. The molecule has 3 rings (SSSR count). The van der Waals surface area contributed by atoms with Crippen LogP contribution in [0.1, 0.15) is 122 Å². The Morgan fingerprint density at radius 1 is 0.400 bits per heavy atom. The average molecular weight is 430 g/mol. The normalized spacial score (nSPS) is 19.5. The first kappa shape index (κ1) is 34.5. The van der Waals surface area contributed by atoms with Gasteiger partial charge in [-0.15, -0.1) is 0 Å². The van der Waals surface area contributed by atoms with Crippen molar-refractivity contribution < 1.29 is 0 Å². The van der Waals surface area contributed by atoms with E-state index in [1.54, 1.807) is 0 Å². The molecule has 3 heteroatoms. The molecule has 186 valence electrons. The molecule has 3 nitrogen and oxygen atoms in total. The molecule has 0 aliphatic carbocycles. The fourth-order valence-electron chi connectivity index (χ4n) is 3.43. The van der Waals surface area contributed by atoms with Gasteiger partial charge in [-0.25, -0.2) is 0 Å². The topological polar surface area (TPSA) is 9.72 Å². The van der Waals surface area contributed by atoms with E-state index in [-0.39, 0.29) is 0 Å². The number of likely N-dealkylation sites (tertiary alicyclic amines) is 3. The summed E-state index contributed by atoms with van der Waals surface area (Å²) < 4.78 is 0. The molecular formula is C27H63N3. The van der Waals surface area contributed by atoms with Crippen molar-refractivity contribution in [2.75, 3.05) is 46.3 Å². The van der Waals surface area contributed by atoms with E-state index in [0.717, 1.165) is 0 Å². The lowest BCUT2D eigenvalue weighted by Gasteiger charge is -2.42. The third-order valence-corrected chi connectivity index (χ3v) is 5.44. The van der Waals surface area contributed by atoms with Crippen LogP contribution in [0.25, 0.3) is 0 Å². The van der Waals surface area contributed by atoms with Gasteiger partial charge in [0.25, 0.3) is 0 Å². The van der Waals surface area contributed by atoms with Crippen LogP contribution in [0.15, 0.2) is 0 Å². The number of hydrogen-bond acceptors (Lipinski definition) is 3. The maximum absolute atomic E-state index is 2.58. The van der Waals surface area contributed by atoms with Crippen molar-refractivity contribution in [3.05, 3.63) is 0 Å². The molecule has 0 saturated carbocycles. The van der Waals surface area contributed by atoms with Gasteiger partial charge in [-0.1, -0.05) is 48.0 Å². The van der Waals surface area contributed by atoms with Crippen LogP contribution in [0.2, 0.25) is 0 Å². The first-order valence-corrected chi connectivity index (χ1v) is 13.3. The van der Waals surface area contributed by atoms with Gasteiger partial charge in [0.05, 0.1) is 0 Å². The maximum atomic E-state index is 2.58. The van der Waals surface area contributed by atoms with Gasteiger partial charge in [-0.2, -0.15) is 0 Å². The Morgan fingerprint density at radius 2 is 0.667 bits per heavy atom. The number of rotatable bonds is 0. The summed E-state index contributed by atoms with van der Waals surface area (Å²) in [5.74, 6) is 0.